The lowest BCUT2D eigenvalue weighted by atomic mass is 10.4. The van der Waals surface area contributed by atoms with Crippen molar-refractivity contribution in [2.75, 3.05) is 0 Å². The number of carboxylic acid groups (broad SMARTS) is 1. The third kappa shape index (κ3) is 1.17. The van der Waals surface area contributed by atoms with Gasteiger partial charge in [-0.3, -0.25) is 4.79 Å². The van der Waals surface area contributed by atoms with Crippen LogP contribution in [-0.4, -0.2) is 30.1 Å². The first kappa shape index (κ1) is 9.25. The molecule has 2 heterocycles. The van der Waals surface area contributed by atoms with E-state index in [1.54, 1.807) is 7.05 Å². The van der Waals surface area contributed by atoms with Crippen LogP contribution in [0.1, 0.15) is 10.5 Å². The largest absolute Gasteiger partial charge is 0.501 e. The molecule has 0 amide bonds. The van der Waals surface area contributed by atoms with E-state index in [0.29, 0.717) is 0 Å². The number of carboxylic acids is 1. The summed E-state index contributed by atoms with van der Waals surface area (Å²) in [5, 5.41) is 18.0. The smallest absolute Gasteiger partial charge is 0.358 e. The number of carbonyl (C=O) groups is 1. The number of hydrogen-bond donors (Lipinski definition) is 2. The molecule has 0 spiro atoms. The van der Waals surface area contributed by atoms with E-state index < -0.39 is 23.0 Å². The minimum absolute atomic E-state index is 0.162. The van der Waals surface area contributed by atoms with Crippen LogP contribution in [0.3, 0.4) is 0 Å². The van der Waals surface area contributed by atoms with Gasteiger partial charge in [-0.05, 0) is 0 Å². The van der Waals surface area contributed by atoms with Crippen molar-refractivity contribution in [3.05, 3.63) is 28.4 Å². The molecule has 2 aromatic heterocycles. The lowest BCUT2D eigenvalue weighted by Gasteiger charge is -2.00. The Bertz CT molecular complexity index is 610. The zero-order chi connectivity index (χ0) is 11.2. The fourth-order valence-electron chi connectivity index (χ4n) is 1.28. The van der Waals surface area contributed by atoms with Crippen LogP contribution < -0.4 is 5.56 Å². The summed E-state index contributed by atoms with van der Waals surface area (Å²) in [7, 11) is 1.62. The molecule has 7 heteroatoms. The number of rotatable bonds is 1. The average molecular weight is 209 g/mol. The number of fused-ring (bicyclic) bond motifs is 1. The van der Waals surface area contributed by atoms with Crippen molar-refractivity contribution >= 4 is 11.7 Å². The second-order valence-corrected chi connectivity index (χ2v) is 3.00. The zero-order valence-electron chi connectivity index (χ0n) is 7.71. The third-order valence-electron chi connectivity index (χ3n) is 2.03. The van der Waals surface area contributed by atoms with Gasteiger partial charge in [0.05, 0.1) is 0 Å². The Balaban J connectivity index is 2.98. The molecule has 0 atom stereocenters. The second kappa shape index (κ2) is 2.84. The number of aryl methyl sites for hydroxylation is 1. The number of imidazole rings is 1. The van der Waals surface area contributed by atoms with Crippen molar-refractivity contribution in [1.82, 2.24) is 14.0 Å². The highest BCUT2D eigenvalue weighted by molar-refractivity contribution is 5.88. The number of aromatic nitrogens is 3. The van der Waals surface area contributed by atoms with Crippen molar-refractivity contribution in [3.63, 3.8) is 0 Å². The maximum Gasteiger partial charge on any atom is 0.358 e. The van der Waals surface area contributed by atoms with Crippen LogP contribution in [0.5, 0.6) is 5.75 Å². The van der Waals surface area contributed by atoms with Crippen molar-refractivity contribution in [3.8, 4) is 5.75 Å². The molecule has 2 aromatic rings. The molecular formula is C8H7N3O4. The second-order valence-electron chi connectivity index (χ2n) is 3.00. The molecule has 2 rings (SSSR count). The normalized spacial score (nSPS) is 10.7. The van der Waals surface area contributed by atoms with Gasteiger partial charge in [-0.15, -0.1) is 0 Å². The number of aromatic hydroxyl groups is 1. The quantitative estimate of drug-likeness (QED) is 0.656. The fourth-order valence-corrected chi connectivity index (χ4v) is 1.28. The highest BCUT2D eigenvalue weighted by Gasteiger charge is 2.18. The third-order valence-corrected chi connectivity index (χ3v) is 2.03. The number of aromatic carboxylic acids is 1. The van der Waals surface area contributed by atoms with Gasteiger partial charge in [0.15, 0.2) is 5.69 Å². The number of hydrogen-bond acceptors (Lipinski definition) is 4. The van der Waals surface area contributed by atoms with Crippen molar-refractivity contribution in [2.24, 2.45) is 7.05 Å². The van der Waals surface area contributed by atoms with E-state index in [1.807, 2.05) is 0 Å². The molecule has 78 valence electrons. The molecule has 0 saturated heterocycles. The zero-order valence-corrected chi connectivity index (χ0v) is 7.71. The first-order valence-electron chi connectivity index (χ1n) is 4.02. The van der Waals surface area contributed by atoms with Crippen LogP contribution in [0.15, 0.2) is 17.2 Å². The van der Waals surface area contributed by atoms with E-state index in [9.17, 15) is 14.7 Å². The maximum absolute atomic E-state index is 11.5. The fraction of sp³-hybridized carbons (Fsp3) is 0.125. The predicted octanol–water partition coefficient (Wildman–Crippen LogP) is -0.563. The Labute approximate surface area is 82.8 Å². The van der Waals surface area contributed by atoms with Gasteiger partial charge in [0.25, 0.3) is 0 Å². The van der Waals surface area contributed by atoms with E-state index >= 15 is 0 Å². The van der Waals surface area contributed by atoms with Crippen LogP contribution in [0, 0.1) is 0 Å². The Hall–Kier alpha value is -2.31. The molecule has 0 bridgehead atoms. The molecule has 15 heavy (non-hydrogen) atoms. The van der Waals surface area contributed by atoms with E-state index in [2.05, 4.69) is 4.98 Å². The Kier molecular flexibility index (Phi) is 1.75. The molecule has 0 aromatic carbocycles. The molecule has 0 aliphatic rings. The molecule has 7 nitrogen and oxygen atoms in total. The average Bonchev–Trinajstić information content (AvgIpc) is 2.53. The van der Waals surface area contributed by atoms with Gasteiger partial charge in [-0.25, -0.2) is 14.2 Å². The summed E-state index contributed by atoms with van der Waals surface area (Å²) in [4.78, 5) is 25.8. The van der Waals surface area contributed by atoms with E-state index in [1.165, 1.54) is 17.0 Å². The van der Waals surface area contributed by atoms with Crippen LogP contribution in [0.2, 0.25) is 0 Å². The SMILES string of the molecule is Cn1ccn2c(=O)c(O)c(C(=O)O)nc12. The van der Waals surface area contributed by atoms with Crippen LogP contribution >= 0.6 is 0 Å². The molecule has 2 N–H and O–H groups in total. The molecule has 0 aliphatic heterocycles. The van der Waals surface area contributed by atoms with Gasteiger partial charge >= 0.3 is 11.5 Å². The summed E-state index contributed by atoms with van der Waals surface area (Å²) in [5.74, 6) is -2.13. The van der Waals surface area contributed by atoms with Crippen molar-refractivity contribution in [1.29, 1.82) is 0 Å². The molecule has 0 unspecified atom stereocenters. The first-order chi connectivity index (χ1) is 7.02. The van der Waals surface area contributed by atoms with E-state index in [0.717, 1.165) is 4.40 Å². The van der Waals surface area contributed by atoms with Gasteiger partial charge in [0.1, 0.15) is 0 Å². The molecular weight excluding hydrogens is 202 g/mol. The highest BCUT2D eigenvalue weighted by Crippen LogP contribution is 2.10. The van der Waals surface area contributed by atoms with Gasteiger partial charge in [-0.2, -0.15) is 0 Å². The Morgan fingerprint density at radius 2 is 2.13 bits per heavy atom. The standard InChI is InChI=1S/C8H7N3O4/c1-10-2-3-11-6(13)5(12)4(7(14)15)9-8(10)11/h2-3,12H,1H3,(H,14,15). The summed E-state index contributed by atoms with van der Waals surface area (Å²) < 4.78 is 2.55. The van der Waals surface area contributed by atoms with Crippen molar-refractivity contribution in [2.45, 2.75) is 0 Å². The van der Waals surface area contributed by atoms with Crippen molar-refractivity contribution < 1.29 is 15.0 Å². The summed E-state index contributed by atoms with van der Waals surface area (Å²) in [6.45, 7) is 0. The Morgan fingerprint density at radius 3 is 2.73 bits per heavy atom. The van der Waals surface area contributed by atoms with Gasteiger partial charge < -0.3 is 14.8 Å². The minimum Gasteiger partial charge on any atom is -0.501 e. The first-order valence-corrected chi connectivity index (χ1v) is 4.02. The summed E-state index contributed by atoms with van der Waals surface area (Å²) in [6.07, 6.45) is 2.94. The van der Waals surface area contributed by atoms with Gasteiger partial charge in [0, 0.05) is 19.4 Å². The molecule has 0 fully saturated rings. The highest BCUT2D eigenvalue weighted by atomic mass is 16.4. The molecule has 0 saturated carbocycles. The molecule has 0 radical (unpaired) electrons. The van der Waals surface area contributed by atoms with E-state index in [-0.39, 0.29) is 5.78 Å². The Morgan fingerprint density at radius 1 is 1.47 bits per heavy atom. The summed E-state index contributed by atoms with van der Waals surface area (Å²) in [5.41, 5.74) is -1.43. The van der Waals surface area contributed by atoms with Gasteiger partial charge in [0.2, 0.25) is 11.5 Å². The van der Waals surface area contributed by atoms with Crippen LogP contribution in [0.4, 0.5) is 0 Å². The van der Waals surface area contributed by atoms with Crippen LogP contribution in [-0.2, 0) is 7.05 Å². The summed E-state index contributed by atoms with van der Waals surface area (Å²) in [6, 6.07) is 0. The monoisotopic (exact) mass is 209 g/mol. The summed E-state index contributed by atoms with van der Waals surface area (Å²) >= 11 is 0. The van der Waals surface area contributed by atoms with E-state index in [4.69, 9.17) is 5.11 Å². The maximum atomic E-state index is 11.5. The molecule has 0 aliphatic carbocycles. The van der Waals surface area contributed by atoms with Gasteiger partial charge in [-0.1, -0.05) is 0 Å². The lowest BCUT2D eigenvalue weighted by molar-refractivity contribution is 0.0686. The number of nitrogens with zero attached hydrogens (tertiary/aromatic N) is 3. The topological polar surface area (TPSA) is 96.8 Å². The lowest BCUT2D eigenvalue weighted by Crippen LogP contribution is -2.18. The minimum atomic E-state index is -1.44. The van der Waals surface area contributed by atoms with Crippen LogP contribution in [0.25, 0.3) is 5.78 Å². The predicted molar refractivity (Wildman–Crippen MR) is 49.1 cm³/mol.